The lowest BCUT2D eigenvalue weighted by atomic mass is 9.92. The largest absolute Gasteiger partial charge is 0.301 e. The first-order valence-electron chi connectivity index (χ1n) is 3.97. The van der Waals surface area contributed by atoms with Gasteiger partial charge >= 0.3 is 0 Å². The molecular formula is C8H19NO. The van der Waals surface area contributed by atoms with Gasteiger partial charge in [-0.05, 0) is 11.8 Å². The molecule has 10 heavy (non-hydrogen) atoms. The fourth-order valence-electron chi connectivity index (χ4n) is 0.451. The minimum Gasteiger partial charge on any atom is -0.301 e. The van der Waals surface area contributed by atoms with Crippen molar-refractivity contribution in [3.8, 4) is 0 Å². The van der Waals surface area contributed by atoms with E-state index in [1.54, 1.807) is 0 Å². The quantitative estimate of drug-likeness (QED) is 0.471. The van der Waals surface area contributed by atoms with E-state index in [0.717, 1.165) is 19.6 Å². The molecule has 0 unspecified atom stereocenters. The Balaban J connectivity index is 3.28. The van der Waals surface area contributed by atoms with Crippen LogP contribution in [0.1, 0.15) is 34.1 Å². The summed E-state index contributed by atoms with van der Waals surface area (Å²) in [4.78, 5) is 5.19. The van der Waals surface area contributed by atoms with Crippen molar-refractivity contribution >= 4 is 0 Å². The Morgan fingerprint density at radius 1 is 1.30 bits per heavy atom. The molecule has 62 valence electrons. The normalized spacial score (nSPS) is 12.0. The molecule has 0 heterocycles. The summed E-state index contributed by atoms with van der Waals surface area (Å²) in [5.41, 5.74) is 3.15. The monoisotopic (exact) mass is 145 g/mol. The van der Waals surface area contributed by atoms with E-state index in [1.807, 2.05) is 6.92 Å². The number of rotatable bonds is 5. The summed E-state index contributed by atoms with van der Waals surface area (Å²) >= 11 is 0. The lowest BCUT2D eigenvalue weighted by Gasteiger charge is -2.21. The zero-order chi connectivity index (χ0) is 8.04. The fourth-order valence-corrected chi connectivity index (χ4v) is 0.451. The van der Waals surface area contributed by atoms with Crippen molar-refractivity contribution in [1.82, 2.24) is 5.48 Å². The van der Waals surface area contributed by atoms with Crippen LogP contribution in [-0.2, 0) is 4.84 Å². The predicted molar refractivity (Wildman–Crippen MR) is 43.7 cm³/mol. The lowest BCUT2D eigenvalue weighted by molar-refractivity contribution is -0.00735. The van der Waals surface area contributed by atoms with Crippen LogP contribution in [0.2, 0.25) is 0 Å². The van der Waals surface area contributed by atoms with Crippen LogP contribution >= 0.6 is 0 Å². The van der Waals surface area contributed by atoms with Crippen molar-refractivity contribution in [2.24, 2.45) is 5.41 Å². The third kappa shape index (κ3) is 4.77. The standard InChI is InChI=1S/C8H19NO/c1-5-8(3,4)7-10-9-6-2/h9H,5-7H2,1-4H3. The van der Waals surface area contributed by atoms with Crippen molar-refractivity contribution in [3.05, 3.63) is 0 Å². The van der Waals surface area contributed by atoms with Gasteiger partial charge in [-0.2, -0.15) is 0 Å². The third-order valence-corrected chi connectivity index (χ3v) is 1.67. The molecule has 0 aliphatic rings. The van der Waals surface area contributed by atoms with Gasteiger partial charge in [-0.15, -0.1) is 0 Å². The van der Waals surface area contributed by atoms with E-state index in [1.165, 1.54) is 0 Å². The van der Waals surface area contributed by atoms with Gasteiger partial charge in [0.25, 0.3) is 0 Å². The maximum atomic E-state index is 5.19. The van der Waals surface area contributed by atoms with Crippen LogP contribution in [0, 0.1) is 5.41 Å². The number of hydrogen-bond acceptors (Lipinski definition) is 2. The van der Waals surface area contributed by atoms with Crippen LogP contribution in [0.5, 0.6) is 0 Å². The summed E-state index contributed by atoms with van der Waals surface area (Å²) in [5, 5.41) is 0. The first-order valence-corrected chi connectivity index (χ1v) is 3.97. The Bertz CT molecular complexity index is 81.3. The average molecular weight is 145 g/mol. The highest BCUT2D eigenvalue weighted by Crippen LogP contribution is 2.18. The smallest absolute Gasteiger partial charge is 0.0733 e. The molecule has 0 aromatic carbocycles. The molecule has 0 amide bonds. The zero-order valence-corrected chi connectivity index (χ0v) is 7.53. The van der Waals surface area contributed by atoms with E-state index in [0.29, 0.717) is 5.41 Å². The van der Waals surface area contributed by atoms with Gasteiger partial charge in [-0.3, -0.25) is 0 Å². The molecule has 0 saturated heterocycles. The molecule has 2 nitrogen and oxygen atoms in total. The Morgan fingerprint density at radius 3 is 2.30 bits per heavy atom. The van der Waals surface area contributed by atoms with E-state index in [4.69, 9.17) is 4.84 Å². The Labute approximate surface area is 63.9 Å². The molecule has 0 aromatic heterocycles. The van der Waals surface area contributed by atoms with Gasteiger partial charge in [0, 0.05) is 6.54 Å². The molecule has 0 aromatic rings. The van der Waals surface area contributed by atoms with Crippen LogP contribution in [0.25, 0.3) is 0 Å². The summed E-state index contributed by atoms with van der Waals surface area (Å²) < 4.78 is 0. The van der Waals surface area contributed by atoms with Crippen LogP contribution in [0.15, 0.2) is 0 Å². The number of hydroxylamine groups is 1. The minimum absolute atomic E-state index is 0.308. The molecule has 1 N–H and O–H groups in total. The van der Waals surface area contributed by atoms with Gasteiger partial charge < -0.3 is 4.84 Å². The molecule has 0 atom stereocenters. The second kappa shape index (κ2) is 4.69. The van der Waals surface area contributed by atoms with Crippen molar-refractivity contribution in [2.75, 3.05) is 13.2 Å². The van der Waals surface area contributed by atoms with E-state index >= 15 is 0 Å². The summed E-state index contributed by atoms with van der Waals surface area (Å²) in [6.45, 7) is 10.3. The first kappa shape index (κ1) is 9.92. The van der Waals surface area contributed by atoms with Gasteiger partial charge in [0.2, 0.25) is 0 Å². The molecular weight excluding hydrogens is 126 g/mol. The minimum atomic E-state index is 0.308. The second-order valence-corrected chi connectivity index (χ2v) is 3.30. The molecule has 0 saturated carbocycles. The molecule has 0 radical (unpaired) electrons. The zero-order valence-electron chi connectivity index (χ0n) is 7.53. The van der Waals surface area contributed by atoms with Crippen LogP contribution in [0.4, 0.5) is 0 Å². The van der Waals surface area contributed by atoms with E-state index < -0.39 is 0 Å². The van der Waals surface area contributed by atoms with Crippen molar-refractivity contribution in [3.63, 3.8) is 0 Å². The van der Waals surface area contributed by atoms with Crippen molar-refractivity contribution < 1.29 is 4.84 Å². The lowest BCUT2D eigenvalue weighted by Crippen LogP contribution is -2.24. The molecule has 0 aliphatic carbocycles. The molecule has 0 aliphatic heterocycles. The maximum Gasteiger partial charge on any atom is 0.0733 e. The van der Waals surface area contributed by atoms with Crippen LogP contribution in [0.3, 0.4) is 0 Å². The van der Waals surface area contributed by atoms with Gasteiger partial charge in [0.1, 0.15) is 0 Å². The summed E-state index contributed by atoms with van der Waals surface area (Å²) in [7, 11) is 0. The Hall–Kier alpha value is -0.0800. The highest BCUT2D eigenvalue weighted by Gasteiger charge is 2.14. The molecule has 2 heteroatoms. The SMILES string of the molecule is CCNOCC(C)(C)CC. The van der Waals surface area contributed by atoms with Gasteiger partial charge in [0.05, 0.1) is 6.61 Å². The van der Waals surface area contributed by atoms with Gasteiger partial charge in [-0.1, -0.05) is 27.7 Å². The van der Waals surface area contributed by atoms with Gasteiger partial charge in [0.15, 0.2) is 0 Å². The van der Waals surface area contributed by atoms with Crippen LogP contribution in [-0.4, -0.2) is 13.2 Å². The second-order valence-electron chi connectivity index (χ2n) is 3.30. The fraction of sp³-hybridized carbons (Fsp3) is 1.00. The van der Waals surface area contributed by atoms with Crippen molar-refractivity contribution in [1.29, 1.82) is 0 Å². The topological polar surface area (TPSA) is 21.3 Å². The Kier molecular flexibility index (Phi) is 4.65. The summed E-state index contributed by atoms with van der Waals surface area (Å²) in [6, 6.07) is 0. The number of hydrogen-bond donors (Lipinski definition) is 1. The molecule has 0 fully saturated rings. The summed E-state index contributed by atoms with van der Waals surface area (Å²) in [6.07, 6.45) is 1.15. The molecule has 0 spiro atoms. The third-order valence-electron chi connectivity index (χ3n) is 1.67. The first-order chi connectivity index (χ1) is 4.62. The Morgan fingerprint density at radius 2 is 1.90 bits per heavy atom. The maximum absolute atomic E-state index is 5.19. The highest BCUT2D eigenvalue weighted by molar-refractivity contribution is 4.63. The summed E-state index contributed by atoms with van der Waals surface area (Å²) in [5.74, 6) is 0. The van der Waals surface area contributed by atoms with Crippen LogP contribution < -0.4 is 5.48 Å². The van der Waals surface area contributed by atoms with Gasteiger partial charge in [-0.25, -0.2) is 5.48 Å². The number of nitrogens with one attached hydrogen (secondary N) is 1. The molecule has 0 rings (SSSR count). The predicted octanol–water partition coefficient (Wildman–Crippen LogP) is 1.96. The average Bonchev–Trinajstić information content (AvgIpc) is 1.89. The van der Waals surface area contributed by atoms with E-state index in [-0.39, 0.29) is 0 Å². The molecule has 0 bridgehead atoms. The van der Waals surface area contributed by atoms with E-state index in [2.05, 4.69) is 26.3 Å². The van der Waals surface area contributed by atoms with E-state index in [9.17, 15) is 0 Å². The highest BCUT2D eigenvalue weighted by atomic mass is 16.6. The van der Waals surface area contributed by atoms with Crippen molar-refractivity contribution in [2.45, 2.75) is 34.1 Å².